The van der Waals surface area contributed by atoms with Crippen molar-refractivity contribution in [3.05, 3.63) is 53.0 Å². The van der Waals surface area contributed by atoms with E-state index < -0.39 is 0 Å². The van der Waals surface area contributed by atoms with E-state index in [2.05, 4.69) is 6.07 Å². The third-order valence-corrected chi connectivity index (χ3v) is 7.62. The molecule has 2 aromatic carbocycles. The minimum absolute atomic E-state index is 0.0401. The first-order chi connectivity index (χ1) is 17.1. The number of hydrogen-bond donors (Lipinski definition) is 0. The summed E-state index contributed by atoms with van der Waals surface area (Å²) >= 11 is 1.66. The number of aromatic nitrogens is 1. The van der Waals surface area contributed by atoms with Crippen molar-refractivity contribution >= 4 is 33.4 Å². The Balaban J connectivity index is 1.31. The summed E-state index contributed by atoms with van der Waals surface area (Å²) in [7, 11) is 1.53. The predicted molar refractivity (Wildman–Crippen MR) is 133 cm³/mol. The molecule has 0 bridgehead atoms. The molecule has 9 heteroatoms. The van der Waals surface area contributed by atoms with Gasteiger partial charge in [-0.2, -0.15) is 0 Å². The normalized spacial score (nSPS) is 18.5. The number of rotatable bonds is 6. The van der Waals surface area contributed by atoms with Crippen molar-refractivity contribution in [2.24, 2.45) is 0 Å². The molecule has 5 rings (SSSR count). The Kier molecular flexibility index (Phi) is 7.15. The summed E-state index contributed by atoms with van der Waals surface area (Å²) in [6, 6.07) is 13.2. The van der Waals surface area contributed by atoms with Crippen LogP contribution in [0, 0.1) is 0 Å². The molecule has 3 heterocycles. The van der Waals surface area contributed by atoms with Crippen LogP contribution in [-0.4, -0.2) is 73.2 Å². The van der Waals surface area contributed by atoms with Gasteiger partial charge < -0.3 is 24.0 Å². The van der Waals surface area contributed by atoms with Gasteiger partial charge in [0.15, 0.2) is 18.1 Å². The van der Waals surface area contributed by atoms with Crippen LogP contribution in [0.25, 0.3) is 10.2 Å². The maximum atomic E-state index is 13.6. The summed E-state index contributed by atoms with van der Waals surface area (Å²) < 4.78 is 17.7. The molecule has 8 nitrogen and oxygen atoms in total. The number of piperidine rings is 1. The molecule has 184 valence electrons. The summed E-state index contributed by atoms with van der Waals surface area (Å²) in [5.41, 5.74) is 1.50. The molecular formula is C26H29N3O5S. The monoisotopic (exact) mass is 495 g/mol. The highest BCUT2D eigenvalue weighted by atomic mass is 32.1. The Morgan fingerprint density at radius 2 is 1.91 bits per heavy atom. The molecule has 0 N–H and O–H groups in total. The fraction of sp³-hybridized carbons (Fsp3) is 0.423. The van der Waals surface area contributed by atoms with Gasteiger partial charge in [0.2, 0.25) is 0 Å². The summed E-state index contributed by atoms with van der Waals surface area (Å²) in [5, 5.41) is 0.979. The first-order valence-corrected chi connectivity index (χ1v) is 12.8. The first-order valence-electron chi connectivity index (χ1n) is 12.0. The number of fused-ring (bicyclic) bond motifs is 1. The zero-order valence-corrected chi connectivity index (χ0v) is 20.6. The number of hydrogen-bond acceptors (Lipinski definition) is 7. The van der Waals surface area contributed by atoms with E-state index in [1.54, 1.807) is 34.4 Å². The van der Waals surface area contributed by atoms with Crippen LogP contribution >= 0.6 is 11.3 Å². The Labute approximate surface area is 208 Å². The van der Waals surface area contributed by atoms with Crippen molar-refractivity contribution in [1.29, 1.82) is 0 Å². The number of morpholine rings is 1. The molecule has 0 saturated carbocycles. The Morgan fingerprint density at radius 1 is 1.09 bits per heavy atom. The number of methoxy groups -OCH3 is 1. The lowest BCUT2D eigenvalue weighted by atomic mass is 10.0. The molecule has 0 radical (unpaired) electrons. The van der Waals surface area contributed by atoms with Crippen molar-refractivity contribution in [3.8, 4) is 11.5 Å². The topological polar surface area (TPSA) is 81.2 Å². The quantitative estimate of drug-likeness (QED) is 0.516. The lowest BCUT2D eigenvalue weighted by Gasteiger charge is -2.34. The second-order valence-corrected chi connectivity index (χ2v) is 9.74. The molecule has 0 aliphatic carbocycles. The number of benzene rings is 2. The summed E-state index contributed by atoms with van der Waals surface area (Å²) in [6.07, 6.45) is 2.93. The van der Waals surface area contributed by atoms with Crippen LogP contribution in [-0.2, 0) is 9.53 Å². The lowest BCUT2D eigenvalue weighted by Crippen LogP contribution is -2.43. The Hall–Kier alpha value is -3.17. The van der Waals surface area contributed by atoms with E-state index in [1.807, 2.05) is 23.1 Å². The average molecular weight is 496 g/mol. The van der Waals surface area contributed by atoms with Gasteiger partial charge in [0.1, 0.15) is 5.01 Å². The van der Waals surface area contributed by atoms with Gasteiger partial charge in [-0.3, -0.25) is 9.59 Å². The molecule has 35 heavy (non-hydrogen) atoms. The third-order valence-electron chi connectivity index (χ3n) is 6.48. The first kappa shape index (κ1) is 23.6. The van der Waals surface area contributed by atoms with Crippen LogP contribution < -0.4 is 9.47 Å². The molecule has 2 fully saturated rings. The maximum Gasteiger partial charge on any atom is 0.260 e. The number of ether oxygens (including phenoxy) is 3. The van der Waals surface area contributed by atoms with Gasteiger partial charge in [0, 0.05) is 25.2 Å². The van der Waals surface area contributed by atoms with Crippen LogP contribution in [0.3, 0.4) is 0 Å². The minimum Gasteiger partial charge on any atom is -0.493 e. The van der Waals surface area contributed by atoms with Gasteiger partial charge in [-0.05, 0) is 49.6 Å². The third kappa shape index (κ3) is 5.11. The van der Waals surface area contributed by atoms with E-state index in [1.165, 1.54) is 7.11 Å². The zero-order chi connectivity index (χ0) is 24.2. The predicted octanol–water partition coefficient (Wildman–Crippen LogP) is 3.91. The van der Waals surface area contributed by atoms with Crippen molar-refractivity contribution in [1.82, 2.24) is 14.8 Å². The summed E-state index contributed by atoms with van der Waals surface area (Å²) in [6.45, 7) is 2.82. The number of thiazole rings is 1. The van der Waals surface area contributed by atoms with Crippen molar-refractivity contribution in [2.75, 3.05) is 46.6 Å². The molecule has 0 spiro atoms. The number of carbonyl (C=O) groups is 2. The zero-order valence-electron chi connectivity index (χ0n) is 19.8. The Morgan fingerprint density at radius 3 is 2.71 bits per heavy atom. The van der Waals surface area contributed by atoms with Crippen LogP contribution in [0.5, 0.6) is 11.5 Å². The van der Waals surface area contributed by atoms with Gasteiger partial charge >= 0.3 is 0 Å². The molecule has 1 atom stereocenters. The lowest BCUT2D eigenvalue weighted by molar-refractivity contribution is -0.137. The largest absolute Gasteiger partial charge is 0.493 e. The van der Waals surface area contributed by atoms with E-state index in [-0.39, 0.29) is 24.5 Å². The number of amides is 2. The van der Waals surface area contributed by atoms with Crippen LogP contribution in [0.15, 0.2) is 42.5 Å². The van der Waals surface area contributed by atoms with E-state index in [4.69, 9.17) is 19.2 Å². The molecular weight excluding hydrogens is 466 g/mol. The second-order valence-electron chi connectivity index (χ2n) is 8.68. The van der Waals surface area contributed by atoms with Crippen LogP contribution in [0.2, 0.25) is 0 Å². The van der Waals surface area contributed by atoms with Crippen molar-refractivity contribution < 1.29 is 23.8 Å². The van der Waals surface area contributed by atoms with Crippen LogP contribution in [0.4, 0.5) is 0 Å². The molecule has 1 aromatic heterocycles. The smallest absolute Gasteiger partial charge is 0.260 e. The summed E-state index contributed by atoms with van der Waals surface area (Å²) in [5.74, 6) is 0.719. The fourth-order valence-electron chi connectivity index (χ4n) is 4.59. The van der Waals surface area contributed by atoms with Crippen molar-refractivity contribution in [3.63, 3.8) is 0 Å². The molecule has 3 aromatic rings. The number of nitrogens with zero attached hydrogens (tertiary/aromatic N) is 3. The van der Waals surface area contributed by atoms with E-state index >= 15 is 0 Å². The van der Waals surface area contributed by atoms with Crippen molar-refractivity contribution in [2.45, 2.75) is 25.3 Å². The van der Waals surface area contributed by atoms with E-state index in [0.717, 1.165) is 34.5 Å². The second kappa shape index (κ2) is 10.6. The molecule has 2 aliphatic heterocycles. The van der Waals surface area contributed by atoms with Gasteiger partial charge in [-0.1, -0.05) is 12.1 Å². The molecule has 2 aliphatic rings. The van der Waals surface area contributed by atoms with Gasteiger partial charge in [0.25, 0.3) is 11.8 Å². The molecule has 0 unspecified atom stereocenters. The van der Waals surface area contributed by atoms with Crippen LogP contribution in [0.1, 0.15) is 40.7 Å². The highest BCUT2D eigenvalue weighted by Gasteiger charge is 2.31. The van der Waals surface area contributed by atoms with E-state index in [0.29, 0.717) is 49.9 Å². The fourth-order valence-corrected chi connectivity index (χ4v) is 5.71. The highest BCUT2D eigenvalue weighted by molar-refractivity contribution is 7.18. The molecule has 2 saturated heterocycles. The van der Waals surface area contributed by atoms with E-state index in [9.17, 15) is 9.59 Å². The minimum atomic E-state index is -0.0949. The van der Waals surface area contributed by atoms with Gasteiger partial charge in [0.05, 0.1) is 36.6 Å². The number of para-hydroxylation sites is 1. The maximum absolute atomic E-state index is 13.6. The van der Waals surface area contributed by atoms with Gasteiger partial charge in [-0.25, -0.2) is 4.98 Å². The molecule has 2 amide bonds. The SMILES string of the molecule is COc1cc(C(=O)N2CCCC[C@@H]2c2nc3ccccc3s2)ccc1OCC(=O)N1CCOCC1. The van der Waals surface area contributed by atoms with Gasteiger partial charge in [-0.15, -0.1) is 11.3 Å². The average Bonchev–Trinajstić information content (AvgIpc) is 3.36. The number of likely N-dealkylation sites (tertiary alicyclic amines) is 1. The standard InChI is InChI=1S/C26H29N3O5S/c1-32-22-16-18(9-10-21(22)34-17-24(30)28-12-14-33-15-13-28)26(31)29-11-5-4-7-20(29)25-27-19-6-2-3-8-23(19)35-25/h2-3,6,8-10,16,20H,4-5,7,11-15,17H2,1H3/t20-/m1/s1. The highest BCUT2D eigenvalue weighted by Crippen LogP contribution is 2.37. The summed E-state index contributed by atoms with van der Waals surface area (Å²) in [4.78, 5) is 34.5. The number of carbonyl (C=O) groups excluding carboxylic acids is 2. The Bertz CT molecular complexity index is 1170.